The van der Waals surface area contributed by atoms with Gasteiger partial charge in [0, 0.05) is 18.0 Å². The highest BCUT2D eigenvalue weighted by atomic mass is 32.1. The second-order valence-electron chi connectivity index (χ2n) is 9.32. The highest BCUT2D eigenvalue weighted by molar-refractivity contribution is 7.13. The largest absolute Gasteiger partial charge is 0.344 e. The van der Waals surface area contributed by atoms with Crippen LogP contribution in [0.2, 0.25) is 0 Å². The van der Waals surface area contributed by atoms with Crippen LogP contribution in [0, 0.1) is 27.4 Å². The van der Waals surface area contributed by atoms with Crippen LogP contribution in [0.15, 0.2) is 11.6 Å². The average molecular weight is 540 g/mol. The Morgan fingerprint density at radius 2 is 2.05 bits per heavy atom. The number of amides is 3. The monoisotopic (exact) mass is 539 g/mol. The summed E-state index contributed by atoms with van der Waals surface area (Å²) in [7, 11) is 0. The van der Waals surface area contributed by atoms with Crippen molar-refractivity contribution < 1.29 is 24.6 Å². The van der Waals surface area contributed by atoms with E-state index in [1.807, 2.05) is 6.92 Å². The summed E-state index contributed by atoms with van der Waals surface area (Å²) in [6, 6.07) is -1.73. The maximum atomic E-state index is 13.6. The molecule has 2 rings (SSSR count). The fraction of sp³-hybridized carbons (Fsp3) is 0.696. The van der Waals surface area contributed by atoms with E-state index in [2.05, 4.69) is 15.6 Å². The lowest BCUT2D eigenvalue weighted by Crippen LogP contribution is -2.51. The van der Waals surface area contributed by atoms with Gasteiger partial charge in [0.1, 0.15) is 6.04 Å². The van der Waals surface area contributed by atoms with Crippen LogP contribution in [0.5, 0.6) is 0 Å². The fourth-order valence-electron chi connectivity index (χ4n) is 4.79. The Bertz CT molecular complexity index is 894. The van der Waals surface area contributed by atoms with Gasteiger partial charge < -0.3 is 10.6 Å². The summed E-state index contributed by atoms with van der Waals surface area (Å²) in [5.41, 5.74) is 1.78. The third-order valence-electron chi connectivity index (χ3n) is 6.59. The van der Waals surface area contributed by atoms with Crippen LogP contribution in [-0.4, -0.2) is 56.4 Å². The standard InChI is InChI=1S/C23H37N7O6S/c1-2-7-19(29(34)15-31)17(14-16-8-4-3-5-9-16)21(32)26-18(10-6-11-20(24)28-30(35)36)22(33)27-23-25-12-13-37-23/h12-13,15-19,34H,2-11,14H2,1H3,(H2,24,28)(H,26,32)(H,25,27,33)/t17-,18+,19+/m1/s1. The Morgan fingerprint density at radius 1 is 1.32 bits per heavy atom. The summed E-state index contributed by atoms with van der Waals surface area (Å²) in [4.78, 5) is 52.7. The number of thiazole rings is 1. The zero-order chi connectivity index (χ0) is 27.2. The number of nitrogens with zero attached hydrogens (tertiary/aromatic N) is 3. The van der Waals surface area contributed by atoms with E-state index < -0.39 is 34.8 Å². The van der Waals surface area contributed by atoms with Gasteiger partial charge in [0.05, 0.1) is 12.0 Å². The third-order valence-corrected chi connectivity index (χ3v) is 7.28. The molecule has 1 aromatic heterocycles. The van der Waals surface area contributed by atoms with Crippen LogP contribution >= 0.6 is 11.3 Å². The van der Waals surface area contributed by atoms with Crippen molar-refractivity contribution in [2.75, 3.05) is 5.32 Å². The molecule has 0 aromatic carbocycles. The molecular weight excluding hydrogens is 502 g/mol. The molecule has 1 fully saturated rings. The van der Waals surface area contributed by atoms with Gasteiger partial charge in [0.15, 0.2) is 16.0 Å². The first-order valence-electron chi connectivity index (χ1n) is 12.7. The van der Waals surface area contributed by atoms with E-state index in [9.17, 15) is 29.7 Å². The number of nitro groups is 1. The molecule has 0 radical (unpaired) electrons. The Hall–Kier alpha value is -3.13. The molecule has 1 aliphatic rings. The third kappa shape index (κ3) is 10.4. The summed E-state index contributed by atoms with van der Waals surface area (Å²) in [5.74, 6) is -1.70. The Labute approximate surface area is 220 Å². The highest BCUT2D eigenvalue weighted by Crippen LogP contribution is 2.32. The normalized spacial score (nSPS) is 16.2. The first-order valence-corrected chi connectivity index (χ1v) is 13.5. The highest BCUT2D eigenvalue weighted by Gasteiger charge is 2.36. The lowest BCUT2D eigenvalue weighted by atomic mass is 9.79. The van der Waals surface area contributed by atoms with Crippen LogP contribution in [0.1, 0.15) is 77.6 Å². The number of carbonyl (C=O) groups is 3. The van der Waals surface area contributed by atoms with Gasteiger partial charge in [-0.2, -0.15) is 0 Å². The minimum atomic E-state index is -1.00. The topological polar surface area (TPSA) is 191 Å². The summed E-state index contributed by atoms with van der Waals surface area (Å²) in [6.45, 7) is 1.90. The van der Waals surface area contributed by atoms with E-state index in [0.717, 1.165) is 32.1 Å². The number of hydrogen-bond acceptors (Lipinski definition) is 9. The predicted octanol–water partition coefficient (Wildman–Crippen LogP) is 3.10. The first-order chi connectivity index (χ1) is 17.7. The lowest BCUT2D eigenvalue weighted by molar-refractivity contribution is -0.525. The van der Waals surface area contributed by atoms with Crippen molar-refractivity contribution >= 4 is 40.5 Å². The van der Waals surface area contributed by atoms with Gasteiger partial charge in [0.2, 0.25) is 18.2 Å². The van der Waals surface area contributed by atoms with Crippen molar-refractivity contribution in [1.82, 2.24) is 20.8 Å². The van der Waals surface area contributed by atoms with Crippen molar-refractivity contribution in [3.05, 3.63) is 21.7 Å². The maximum Gasteiger partial charge on any atom is 0.248 e. The number of anilines is 1. The van der Waals surface area contributed by atoms with Crippen LogP contribution in [0.3, 0.4) is 0 Å². The zero-order valence-corrected chi connectivity index (χ0v) is 21.9. The van der Waals surface area contributed by atoms with Gasteiger partial charge in [-0.3, -0.25) is 25.0 Å². The molecule has 0 bridgehead atoms. The SMILES string of the molecule is CCC[C@@H]([C@@H](CC1CCCCC1)C(=O)N[C@@H](CCCC(=N)N[N+](=O)[O-])C(=O)Nc1nccs1)N(O)C=O. The van der Waals surface area contributed by atoms with Gasteiger partial charge in [-0.1, -0.05) is 50.9 Å². The van der Waals surface area contributed by atoms with Crippen LogP contribution < -0.4 is 16.1 Å². The summed E-state index contributed by atoms with van der Waals surface area (Å²) in [6.07, 6.45) is 8.95. The van der Waals surface area contributed by atoms with Gasteiger partial charge in [-0.15, -0.1) is 11.3 Å². The molecule has 1 saturated carbocycles. The molecule has 0 unspecified atom stereocenters. The van der Waals surface area contributed by atoms with Crippen molar-refractivity contribution in [1.29, 1.82) is 5.41 Å². The van der Waals surface area contributed by atoms with Crippen LogP contribution in [0.25, 0.3) is 0 Å². The number of hydrazine groups is 1. The smallest absolute Gasteiger partial charge is 0.248 e. The van der Waals surface area contributed by atoms with E-state index in [4.69, 9.17) is 5.41 Å². The average Bonchev–Trinajstić information content (AvgIpc) is 3.38. The maximum absolute atomic E-state index is 13.6. The number of hydrogen-bond donors (Lipinski definition) is 5. The molecule has 206 valence electrons. The number of nitrogens with one attached hydrogen (secondary N) is 4. The lowest BCUT2D eigenvalue weighted by Gasteiger charge is -2.34. The number of rotatable bonds is 16. The number of hydroxylamine groups is 2. The summed E-state index contributed by atoms with van der Waals surface area (Å²) < 4.78 is 0. The van der Waals surface area contributed by atoms with E-state index >= 15 is 0 Å². The van der Waals surface area contributed by atoms with Crippen molar-refractivity contribution in [3.8, 4) is 0 Å². The molecule has 14 heteroatoms. The van der Waals surface area contributed by atoms with E-state index in [0.29, 0.717) is 35.9 Å². The number of aromatic nitrogens is 1. The second kappa shape index (κ2) is 15.9. The minimum absolute atomic E-state index is 0.0113. The Balaban J connectivity index is 2.19. The van der Waals surface area contributed by atoms with Crippen molar-refractivity contribution in [2.45, 2.75) is 89.6 Å². The Kier molecular flexibility index (Phi) is 12.9. The predicted molar refractivity (Wildman–Crippen MR) is 137 cm³/mol. The van der Waals surface area contributed by atoms with Crippen molar-refractivity contribution in [3.63, 3.8) is 0 Å². The van der Waals surface area contributed by atoms with Gasteiger partial charge in [-0.25, -0.2) is 20.2 Å². The van der Waals surface area contributed by atoms with Gasteiger partial charge in [0.25, 0.3) is 0 Å². The molecular formula is C23H37N7O6S. The van der Waals surface area contributed by atoms with E-state index in [1.54, 1.807) is 10.8 Å². The molecule has 0 aliphatic heterocycles. The molecule has 3 atom stereocenters. The zero-order valence-electron chi connectivity index (χ0n) is 21.1. The van der Waals surface area contributed by atoms with Crippen LogP contribution in [-0.2, 0) is 14.4 Å². The quantitative estimate of drug-likeness (QED) is 0.0528. The molecule has 37 heavy (non-hydrogen) atoms. The first kappa shape index (κ1) is 30.1. The summed E-state index contributed by atoms with van der Waals surface area (Å²) >= 11 is 1.22. The second-order valence-corrected chi connectivity index (χ2v) is 10.2. The molecule has 1 heterocycles. The molecule has 0 spiro atoms. The van der Waals surface area contributed by atoms with Crippen molar-refractivity contribution in [2.24, 2.45) is 11.8 Å². The molecule has 3 amide bonds. The summed E-state index contributed by atoms with van der Waals surface area (Å²) in [5, 5.41) is 35.7. The van der Waals surface area contributed by atoms with Crippen LogP contribution in [0.4, 0.5) is 5.13 Å². The molecule has 5 N–H and O–H groups in total. The van der Waals surface area contributed by atoms with E-state index in [-0.39, 0.29) is 31.0 Å². The minimum Gasteiger partial charge on any atom is -0.344 e. The molecule has 13 nitrogen and oxygen atoms in total. The Morgan fingerprint density at radius 3 is 2.65 bits per heavy atom. The number of carbonyl (C=O) groups excluding carboxylic acids is 3. The van der Waals surface area contributed by atoms with Gasteiger partial charge >= 0.3 is 0 Å². The molecule has 1 aromatic rings. The molecule has 0 saturated heterocycles. The number of amidine groups is 1. The van der Waals surface area contributed by atoms with E-state index in [1.165, 1.54) is 17.5 Å². The fourth-order valence-corrected chi connectivity index (χ4v) is 5.32. The van der Waals surface area contributed by atoms with Gasteiger partial charge in [-0.05, 0) is 31.6 Å². The molecule has 1 aliphatic carbocycles.